The topological polar surface area (TPSA) is 32.3 Å². The summed E-state index contributed by atoms with van der Waals surface area (Å²) in [5, 5.41) is 12.6. The molecule has 1 aliphatic carbocycles. The fraction of sp³-hybridized carbons (Fsp3) is 1.00. The molecule has 0 aromatic rings. The predicted molar refractivity (Wildman–Crippen MR) is 51.1 cm³/mol. The Morgan fingerprint density at radius 3 is 2.33 bits per heavy atom. The highest BCUT2D eigenvalue weighted by molar-refractivity contribution is 4.79. The van der Waals surface area contributed by atoms with Gasteiger partial charge in [-0.3, -0.25) is 0 Å². The molecule has 0 radical (unpaired) electrons. The second-order valence-corrected chi connectivity index (χ2v) is 4.18. The van der Waals surface area contributed by atoms with Gasteiger partial charge in [-0.25, -0.2) is 0 Å². The van der Waals surface area contributed by atoms with Gasteiger partial charge in [0, 0.05) is 12.1 Å². The van der Waals surface area contributed by atoms with Crippen LogP contribution in [0.3, 0.4) is 0 Å². The summed E-state index contributed by atoms with van der Waals surface area (Å²) in [6.07, 6.45) is 5.30. The molecule has 1 atom stereocenters. The molecule has 2 N–H and O–H groups in total. The highest BCUT2D eigenvalue weighted by atomic mass is 16.3. The van der Waals surface area contributed by atoms with Crippen LogP contribution in [0.2, 0.25) is 0 Å². The zero-order valence-corrected chi connectivity index (χ0v) is 8.21. The Labute approximate surface area is 75.4 Å². The third-order valence-corrected chi connectivity index (χ3v) is 2.81. The molecule has 0 bridgehead atoms. The molecule has 0 unspecified atom stereocenters. The lowest BCUT2D eigenvalue weighted by molar-refractivity contribution is 0.199. The lowest BCUT2D eigenvalue weighted by atomic mass is 10.0. The van der Waals surface area contributed by atoms with E-state index in [0.29, 0.717) is 18.0 Å². The van der Waals surface area contributed by atoms with Crippen LogP contribution in [0, 0.1) is 5.92 Å². The first-order valence-corrected chi connectivity index (χ1v) is 5.11. The summed E-state index contributed by atoms with van der Waals surface area (Å²) in [4.78, 5) is 0. The van der Waals surface area contributed by atoms with Gasteiger partial charge in [-0.05, 0) is 18.8 Å². The SMILES string of the molecule is CC(C)[C@H](CO)NC1CCCC1. The minimum atomic E-state index is 0.272. The summed E-state index contributed by atoms with van der Waals surface area (Å²) in [5.74, 6) is 0.538. The summed E-state index contributed by atoms with van der Waals surface area (Å²) in [5.41, 5.74) is 0. The van der Waals surface area contributed by atoms with Crippen molar-refractivity contribution in [3.63, 3.8) is 0 Å². The van der Waals surface area contributed by atoms with Crippen LogP contribution in [0.4, 0.5) is 0 Å². The number of aliphatic hydroxyl groups excluding tert-OH is 1. The zero-order valence-electron chi connectivity index (χ0n) is 8.21. The Kier molecular flexibility index (Phi) is 4.02. The molecule has 1 fully saturated rings. The lowest BCUT2D eigenvalue weighted by Gasteiger charge is -2.24. The standard InChI is InChI=1S/C10H21NO/c1-8(2)10(7-12)11-9-5-3-4-6-9/h8-12H,3-7H2,1-2H3/t10-/m0/s1. The van der Waals surface area contributed by atoms with Crippen molar-refractivity contribution in [3.05, 3.63) is 0 Å². The third-order valence-electron chi connectivity index (χ3n) is 2.81. The van der Waals surface area contributed by atoms with E-state index in [9.17, 15) is 0 Å². The Balaban J connectivity index is 2.26. The molecule has 12 heavy (non-hydrogen) atoms. The van der Waals surface area contributed by atoms with E-state index in [-0.39, 0.29) is 6.61 Å². The van der Waals surface area contributed by atoms with Gasteiger partial charge in [-0.1, -0.05) is 26.7 Å². The molecule has 2 nitrogen and oxygen atoms in total. The monoisotopic (exact) mass is 171 g/mol. The maximum atomic E-state index is 9.09. The summed E-state index contributed by atoms with van der Waals surface area (Å²) in [6.45, 7) is 4.58. The Morgan fingerprint density at radius 1 is 1.33 bits per heavy atom. The van der Waals surface area contributed by atoms with E-state index in [1.807, 2.05) is 0 Å². The molecule has 0 saturated heterocycles. The van der Waals surface area contributed by atoms with Crippen LogP contribution in [0.1, 0.15) is 39.5 Å². The number of nitrogens with one attached hydrogen (secondary N) is 1. The second kappa shape index (κ2) is 4.83. The summed E-state index contributed by atoms with van der Waals surface area (Å²) in [6, 6.07) is 0.970. The normalized spacial score (nSPS) is 22.0. The number of rotatable bonds is 4. The van der Waals surface area contributed by atoms with Crippen LogP contribution in [0.5, 0.6) is 0 Å². The molecule has 0 aliphatic heterocycles. The molecule has 72 valence electrons. The van der Waals surface area contributed by atoms with E-state index >= 15 is 0 Å². The molecule has 1 aliphatic rings. The van der Waals surface area contributed by atoms with Crippen LogP contribution >= 0.6 is 0 Å². The molecule has 0 aromatic carbocycles. The number of hydrogen-bond acceptors (Lipinski definition) is 2. The van der Waals surface area contributed by atoms with Crippen LogP contribution in [0.15, 0.2) is 0 Å². The first-order valence-electron chi connectivity index (χ1n) is 5.11. The maximum Gasteiger partial charge on any atom is 0.0587 e. The van der Waals surface area contributed by atoms with Crippen molar-refractivity contribution in [2.24, 2.45) is 5.92 Å². The maximum absolute atomic E-state index is 9.09. The van der Waals surface area contributed by atoms with E-state index in [2.05, 4.69) is 19.2 Å². The summed E-state index contributed by atoms with van der Waals surface area (Å²) < 4.78 is 0. The van der Waals surface area contributed by atoms with E-state index in [1.54, 1.807) is 0 Å². The quantitative estimate of drug-likeness (QED) is 0.672. The molecule has 0 amide bonds. The van der Waals surface area contributed by atoms with Gasteiger partial charge in [0.2, 0.25) is 0 Å². The first kappa shape index (κ1) is 10.0. The van der Waals surface area contributed by atoms with Crippen molar-refractivity contribution in [1.29, 1.82) is 0 Å². The summed E-state index contributed by atoms with van der Waals surface area (Å²) >= 11 is 0. The average Bonchev–Trinajstić information content (AvgIpc) is 2.51. The van der Waals surface area contributed by atoms with Gasteiger partial charge < -0.3 is 10.4 Å². The number of aliphatic hydroxyl groups is 1. The van der Waals surface area contributed by atoms with E-state index in [1.165, 1.54) is 25.7 Å². The molecule has 1 saturated carbocycles. The van der Waals surface area contributed by atoms with Crippen molar-refractivity contribution in [1.82, 2.24) is 5.32 Å². The second-order valence-electron chi connectivity index (χ2n) is 4.18. The van der Waals surface area contributed by atoms with Crippen molar-refractivity contribution >= 4 is 0 Å². The van der Waals surface area contributed by atoms with Crippen LogP contribution in [0.25, 0.3) is 0 Å². The largest absolute Gasteiger partial charge is 0.395 e. The van der Waals surface area contributed by atoms with Crippen LogP contribution in [-0.2, 0) is 0 Å². The molecular weight excluding hydrogens is 150 g/mol. The highest BCUT2D eigenvalue weighted by Crippen LogP contribution is 2.19. The van der Waals surface area contributed by atoms with Gasteiger partial charge in [-0.2, -0.15) is 0 Å². The van der Waals surface area contributed by atoms with Gasteiger partial charge in [-0.15, -0.1) is 0 Å². The smallest absolute Gasteiger partial charge is 0.0587 e. The fourth-order valence-corrected chi connectivity index (χ4v) is 1.85. The molecule has 1 rings (SSSR count). The molecule has 2 heteroatoms. The van der Waals surface area contributed by atoms with Crippen molar-refractivity contribution < 1.29 is 5.11 Å². The Morgan fingerprint density at radius 2 is 1.92 bits per heavy atom. The van der Waals surface area contributed by atoms with Crippen molar-refractivity contribution in [2.45, 2.75) is 51.6 Å². The van der Waals surface area contributed by atoms with E-state index < -0.39 is 0 Å². The lowest BCUT2D eigenvalue weighted by Crippen LogP contribution is -2.42. The van der Waals surface area contributed by atoms with Crippen LogP contribution in [-0.4, -0.2) is 23.8 Å². The van der Waals surface area contributed by atoms with Crippen molar-refractivity contribution in [3.8, 4) is 0 Å². The zero-order chi connectivity index (χ0) is 8.97. The molecule has 0 aromatic heterocycles. The molecule has 0 heterocycles. The van der Waals surface area contributed by atoms with Gasteiger partial charge in [0.15, 0.2) is 0 Å². The van der Waals surface area contributed by atoms with Crippen LogP contribution < -0.4 is 5.32 Å². The van der Waals surface area contributed by atoms with Gasteiger partial charge >= 0.3 is 0 Å². The first-order chi connectivity index (χ1) is 5.74. The van der Waals surface area contributed by atoms with E-state index in [0.717, 1.165) is 0 Å². The minimum absolute atomic E-state index is 0.272. The van der Waals surface area contributed by atoms with Gasteiger partial charge in [0.05, 0.1) is 6.61 Å². The van der Waals surface area contributed by atoms with Crippen molar-refractivity contribution in [2.75, 3.05) is 6.61 Å². The predicted octanol–water partition coefficient (Wildman–Crippen LogP) is 1.54. The van der Waals surface area contributed by atoms with E-state index in [4.69, 9.17) is 5.11 Å². The Bertz CT molecular complexity index is 119. The third kappa shape index (κ3) is 2.76. The average molecular weight is 171 g/mol. The van der Waals surface area contributed by atoms with Gasteiger partial charge in [0.25, 0.3) is 0 Å². The fourth-order valence-electron chi connectivity index (χ4n) is 1.85. The van der Waals surface area contributed by atoms with Gasteiger partial charge in [0.1, 0.15) is 0 Å². The minimum Gasteiger partial charge on any atom is -0.395 e. The Hall–Kier alpha value is -0.0800. The number of hydrogen-bond donors (Lipinski definition) is 2. The molecule has 0 spiro atoms. The highest BCUT2D eigenvalue weighted by Gasteiger charge is 2.20. The summed E-state index contributed by atoms with van der Waals surface area (Å²) in [7, 11) is 0. The molecular formula is C10H21NO.